The van der Waals surface area contributed by atoms with E-state index in [9.17, 15) is 23.5 Å². The van der Waals surface area contributed by atoms with E-state index in [4.69, 9.17) is 4.42 Å². The first-order chi connectivity index (χ1) is 22.6. The highest BCUT2D eigenvalue weighted by Crippen LogP contribution is 2.46. The Kier molecular flexibility index (Phi) is 11.2. The van der Waals surface area contributed by atoms with Crippen LogP contribution >= 0.6 is 15.9 Å². The Morgan fingerprint density at radius 3 is 2.34 bits per heavy atom. The Bertz CT molecular complexity index is 1670. The number of oxazole rings is 1. The number of aromatic nitrogens is 1. The highest BCUT2D eigenvalue weighted by molar-refractivity contribution is 9.10. The number of aliphatic hydroxyl groups excluding tert-OH is 1. The predicted molar refractivity (Wildman–Crippen MR) is 179 cm³/mol. The topological polar surface area (TPSA) is 108 Å². The zero-order valence-electron chi connectivity index (χ0n) is 26.4. The molecule has 11 heteroatoms. The smallest absolute Gasteiger partial charge is 0.253 e. The first-order valence-corrected chi connectivity index (χ1v) is 16.7. The minimum Gasteiger partial charge on any atom is -0.445 e. The molecule has 4 aromatic rings. The average molecular weight is 710 g/mol. The molecule has 2 atom stereocenters. The van der Waals surface area contributed by atoms with Gasteiger partial charge in [-0.05, 0) is 85.7 Å². The van der Waals surface area contributed by atoms with Crippen LogP contribution in [0.5, 0.6) is 0 Å². The molecular formula is C36H39BrF2N4O4. The Labute approximate surface area is 281 Å². The lowest BCUT2D eigenvalue weighted by molar-refractivity contribution is 0.0755. The zero-order chi connectivity index (χ0) is 33.6. The van der Waals surface area contributed by atoms with Gasteiger partial charge in [-0.25, -0.2) is 13.8 Å². The lowest BCUT2D eigenvalue weighted by atomic mass is 9.98. The number of nitrogens with zero attached hydrogens (tertiary/aromatic N) is 2. The van der Waals surface area contributed by atoms with Gasteiger partial charge in [0.15, 0.2) is 0 Å². The summed E-state index contributed by atoms with van der Waals surface area (Å²) >= 11 is 3.52. The van der Waals surface area contributed by atoms with Crippen LogP contribution in [0.3, 0.4) is 0 Å². The summed E-state index contributed by atoms with van der Waals surface area (Å²) in [5.74, 6) is -2.07. The van der Waals surface area contributed by atoms with Gasteiger partial charge in [-0.15, -0.1) is 0 Å². The van der Waals surface area contributed by atoms with Crippen LogP contribution in [-0.2, 0) is 12.0 Å². The van der Waals surface area contributed by atoms with E-state index in [1.54, 1.807) is 17.0 Å². The van der Waals surface area contributed by atoms with Gasteiger partial charge in [0.1, 0.15) is 17.9 Å². The first-order valence-electron chi connectivity index (χ1n) is 15.9. The molecule has 3 N–H and O–H groups in total. The normalized spacial score (nSPS) is 14.8. The number of carbonyl (C=O) groups is 2. The van der Waals surface area contributed by atoms with E-state index in [0.717, 1.165) is 41.8 Å². The third-order valence-corrected chi connectivity index (χ3v) is 8.82. The quantitative estimate of drug-likeness (QED) is 0.128. The second-order valence-corrected chi connectivity index (χ2v) is 12.9. The van der Waals surface area contributed by atoms with Crippen molar-refractivity contribution in [3.63, 3.8) is 0 Å². The number of nitrogens with one attached hydrogen (secondary N) is 2. The number of halogens is 3. The van der Waals surface area contributed by atoms with Crippen LogP contribution in [0.4, 0.5) is 8.78 Å². The highest BCUT2D eigenvalue weighted by atomic mass is 79.9. The van der Waals surface area contributed by atoms with Crippen LogP contribution in [0.15, 0.2) is 82.0 Å². The fourth-order valence-electron chi connectivity index (χ4n) is 5.85. The van der Waals surface area contributed by atoms with Crippen LogP contribution in [0.25, 0.3) is 11.5 Å². The molecule has 0 aliphatic heterocycles. The second kappa shape index (κ2) is 15.3. The third kappa shape index (κ3) is 8.71. The van der Waals surface area contributed by atoms with E-state index in [-0.39, 0.29) is 41.4 Å². The highest BCUT2D eigenvalue weighted by Gasteiger charge is 2.44. The summed E-state index contributed by atoms with van der Waals surface area (Å²) in [6, 6.07) is 14.9. The summed E-state index contributed by atoms with van der Waals surface area (Å²) in [5.41, 5.74) is 1.93. The number of hydrogen-bond donors (Lipinski definition) is 3. The molecule has 1 aliphatic rings. The number of aliphatic hydroxyl groups is 1. The van der Waals surface area contributed by atoms with Crippen LogP contribution in [0, 0.1) is 11.6 Å². The molecular weight excluding hydrogens is 670 g/mol. The number of hydrogen-bond acceptors (Lipinski definition) is 6. The maximum Gasteiger partial charge on any atom is 0.253 e. The molecule has 1 fully saturated rings. The summed E-state index contributed by atoms with van der Waals surface area (Å²) in [5, 5.41) is 17.8. The molecule has 0 spiro atoms. The van der Waals surface area contributed by atoms with Crippen LogP contribution in [-0.4, -0.2) is 58.6 Å². The van der Waals surface area contributed by atoms with Gasteiger partial charge in [-0.1, -0.05) is 41.9 Å². The average Bonchev–Trinajstić information content (AvgIpc) is 3.64. The van der Waals surface area contributed by atoms with Gasteiger partial charge >= 0.3 is 0 Å². The van der Waals surface area contributed by atoms with Gasteiger partial charge in [0.2, 0.25) is 5.89 Å². The van der Waals surface area contributed by atoms with Gasteiger partial charge in [0, 0.05) is 52.4 Å². The van der Waals surface area contributed by atoms with E-state index in [0.29, 0.717) is 24.2 Å². The molecule has 47 heavy (non-hydrogen) atoms. The Morgan fingerprint density at radius 2 is 1.72 bits per heavy atom. The summed E-state index contributed by atoms with van der Waals surface area (Å²) in [6.07, 6.45) is 5.00. The van der Waals surface area contributed by atoms with Crippen molar-refractivity contribution in [2.45, 2.75) is 63.6 Å². The maximum absolute atomic E-state index is 14.2. The first kappa shape index (κ1) is 34.4. The van der Waals surface area contributed by atoms with E-state index < -0.39 is 29.7 Å². The van der Waals surface area contributed by atoms with Crippen molar-refractivity contribution < 1.29 is 27.9 Å². The van der Waals surface area contributed by atoms with E-state index in [2.05, 4.69) is 31.5 Å². The zero-order valence-corrected chi connectivity index (χ0v) is 28.0. The number of amides is 2. The van der Waals surface area contributed by atoms with Crippen LogP contribution in [0.1, 0.15) is 71.4 Å². The molecule has 0 radical (unpaired) electrons. The summed E-state index contributed by atoms with van der Waals surface area (Å²) in [4.78, 5) is 33.4. The molecule has 1 saturated carbocycles. The summed E-state index contributed by atoms with van der Waals surface area (Å²) in [6.45, 7) is 5.21. The molecule has 1 aromatic heterocycles. The van der Waals surface area contributed by atoms with Gasteiger partial charge in [0.05, 0.1) is 18.3 Å². The fraction of sp³-hybridized carbons (Fsp3) is 0.361. The molecule has 1 aliphatic carbocycles. The van der Waals surface area contributed by atoms with Crippen LogP contribution < -0.4 is 10.6 Å². The van der Waals surface area contributed by atoms with Crippen molar-refractivity contribution in [2.75, 3.05) is 19.6 Å². The number of benzene rings is 3. The number of rotatable bonds is 15. The minimum absolute atomic E-state index is 0.0425. The lowest BCUT2D eigenvalue weighted by Crippen LogP contribution is -2.50. The molecule has 3 aromatic carbocycles. The van der Waals surface area contributed by atoms with Crippen molar-refractivity contribution >= 4 is 27.7 Å². The molecule has 2 amide bonds. The molecule has 0 unspecified atom stereocenters. The van der Waals surface area contributed by atoms with E-state index in [1.165, 1.54) is 30.7 Å². The van der Waals surface area contributed by atoms with E-state index >= 15 is 0 Å². The Morgan fingerprint density at radius 1 is 1.02 bits per heavy atom. The van der Waals surface area contributed by atoms with Crippen molar-refractivity contribution in [2.24, 2.45) is 0 Å². The second-order valence-electron chi connectivity index (χ2n) is 12.0. The standard InChI is InChI=1S/C36H39BrF2N4O4/c1-3-11-43(12-4-2)35(46)26-18-24(17-25(19-26)34-40-10-13-47-34)33(45)42-31(16-23-14-29(38)21-30(39)15-23)32(44)22-41-36(8-9-36)27-6-5-7-28(37)20-27/h5-7,10,13-15,17-21,31-32,41,44H,3-4,8-9,11-12,16,22H2,1-2H3,(H,42,45)/t31-,32+/m0/s1. The molecule has 0 bridgehead atoms. The molecule has 0 saturated heterocycles. The molecule has 8 nitrogen and oxygen atoms in total. The monoisotopic (exact) mass is 708 g/mol. The van der Waals surface area contributed by atoms with Crippen molar-refractivity contribution in [3.05, 3.63) is 111 Å². The molecule has 1 heterocycles. The van der Waals surface area contributed by atoms with Crippen molar-refractivity contribution in [3.8, 4) is 11.5 Å². The van der Waals surface area contributed by atoms with Crippen molar-refractivity contribution in [1.29, 1.82) is 0 Å². The van der Waals surface area contributed by atoms with Gasteiger partial charge in [-0.2, -0.15) is 0 Å². The SMILES string of the molecule is CCCN(CCC)C(=O)c1cc(C(=O)N[C@@H](Cc2cc(F)cc(F)c2)[C@H](O)CNC2(c3cccc(Br)c3)CC2)cc(-c2ncco2)c1. The van der Waals surface area contributed by atoms with E-state index in [1.807, 2.05) is 38.1 Å². The fourth-order valence-corrected chi connectivity index (χ4v) is 6.25. The Hall–Kier alpha value is -3.93. The number of carbonyl (C=O) groups excluding carboxylic acids is 2. The molecule has 5 rings (SSSR count). The van der Waals surface area contributed by atoms with Gasteiger partial charge in [0.25, 0.3) is 11.8 Å². The van der Waals surface area contributed by atoms with Crippen LogP contribution in [0.2, 0.25) is 0 Å². The minimum atomic E-state index is -1.13. The van der Waals surface area contributed by atoms with Gasteiger partial charge < -0.3 is 25.1 Å². The van der Waals surface area contributed by atoms with Crippen molar-refractivity contribution in [1.82, 2.24) is 20.5 Å². The lowest BCUT2D eigenvalue weighted by Gasteiger charge is -2.27. The van der Waals surface area contributed by atoms with Gasteiger partial charge in [-0.3, -0.25) is 9.59 Å². The summed E-state index contributed by atoms with van der Waals surface area (Å²) in [7, 11) is 0. The predicted octanol–water partition coefficient (Wildman–Crippen LogP) is 6.63. The summed E-state index contributed by atoms with van der Waals surface area (Å²) < 4.78 is 34.7. The Balaban J connectivity index is 1.43. The maximum atomic E-state index is 14.2. The third-order valence-electron chi connectivity index (χ3n) is 8.33. The largest absolute Gasteiger partial charge is 0.445 e. The molecule has 248 valence electrons.